The number of hydrogen-bond acceptors (Lipinski definition) is 2. The molecule has 1 fully saturated rings. The van der Waals surface area contributed by atoms with Gasteiger partial charge in [-0.05, 0) is 43.4 Å². The lowest BCUT2D eigenvalue weighted by Gasteiger charge is -2.08. The van der Waals surface area contributed by atoms with Crippen LogP contribution in [0.25, 0.3) is 0 Å². The number of rotatable bonds is 7. The Kier molecular flexibility index (Phi) is 5.66. The summed E-state index contributed by atoms with van der Waals surface area (Å²) in [6.07, 6.45) is 3.47. The molecule has 0 saturated heterocycles. The van der Waals surface area contributed by atoms with Crippen molar-refractivity contribution in [3.63, 3.8) is 0 Å². The molecule has 104 valence electrons. The fourth-order valence-corrected chi connectivity index (χ4v) is 2.05. The lowest BCUT2D eigenvalue weighted by molar-refractivity contribution is 0.122. The second-order valence-electron chi connectivity index (χ2n) is 4.76. The van der Waals surface area contributed by atoms with Crippen LogP contribution in [0.1, 0.15) is 19.3 Å². The van der Waals surface area contributed by atoms with Crippen LogP contribution >= 0.6 is 15.9 Å². The van der Waals surface area contributed by atoms with Crippen molar-refractivity contribution in [2.45, 2.75) is 19.3 Å². The van der Waals surface area contributed by atoms with Crippen LogP contribution < -0.4 is 10.6 Å². The molecule has 1 aliphatic carbocycles. The number of anilines is 1. The topological polar surface area (TPSA) is 50.4 Å². The summed E-state index contributed by atoms with van der Waals surface area (Å²) < 4.78 is 6.44. The van der Waals surface area contributed by atoms with E-state index in [1.54, 1.807) is 0 Å². The Morgan fingerprint density at radius 1 is 1.42 bits per heavy atom. The van der Waals surface area contributed by atoms with E-state index < -0.39 is 0 Å². The number of benzene rings is 1. The summed E-state index contributed by atoms with van der Waals surface area (Å²) in [5.41, 5.74) is 0.775. The Morgan fingerprint density at radius 3 is 3.00 bits per heavy atom. The van der Waals surface area contributed by atoms with Gasteiger partial charge in [-0.1, -0.05) is 22.0 Å². The first-order chi connectivity index (χ1) is 9.24. The van der Waals surface area contributed by atoms with Crippen LogP contribution in [0.2, 0.25) is 0 Å². The average molecular weight is 327 g/mol. The minimum Gasteiger partial charge on any atom is -0.381 e. The predicted octanol–water partition coefficient (Wildman–Crippen LogP) is 3.39. The van der Waals surface area contributed by atoms with Gasteiger partial charge >= 0.3 is 6.03 Å². The van der Waals surface area contributed by atoms with Gasteiger partial charge in [0.1, 0.15) is 0 Å². The van der Waals surface area contributed by atoms with Crippen LogP contribution in [0.3, 0.4) is 0 Å². The monoisotopic (exact) mass is 326 g/mol. The van der Waals surface area contributed by atoms with E-state index in [1.807, 2.05) is 24.3 Å². The van der Waals surface area contributed by atoms with E-state index in [0.29, 0.717) is 13.2 Å². The lowest BCUT2D eigenvalue weighted by Crippen LogP contribution is -2.30. The first-order valence-electron chi connectivity index (χ1n) is 6.62. The molecule has 0 atom stereocenters. The first kappa shape index (κ1) is 14.3. The third-order valence-corrected chi connectivity index (χ3v) is 3.38. The highest BCUT2D eigenvalue weighted by molar-refractivity contribution is 9.10. The van der Waals surface area contributed by atoms with E-state index >= 15 is 0 Å². The van der Waals surface area contributed by atoms with Crippen molar-refractivity contribution >= 4 is 27.6 Å². The van der Waals surface area contributed by atoms with Crippen LogP contribution in [-0.2, 0) is 4.74 Å². The summed E-state index contributed by atoms with van der Waals surface area (Å²) in [5.74, 6) is 0.799. The van der Waals surface area contributed by atoms with Gasteiger partial charge in [0.2, 0.25) is 0 Å². The third-order valence-electron chi connectivity index (χ3n) is 2.88. The Bertz CT molecular complexity index is 422. The van der Waals surface area contributed by atoms with Gasteiger partial charge in [-0.15, -0.1) is 0 Å². The Morgan fingerprint density at radius 2 is 2.26 bits per heavy atom. The summed E-state index contributed by atoms with van der Waals surface area (Å²) in [5, 5.41) is 5.59. The number of hydrogen-bond donors (Lipinski definition) is 2. The molecule has 0 aromatic heterocycles. The molecule has 2 amide bonds. The van der Waals surface area contributed by atoms with Gasteiger partial charge in [-0.3, -0.25) is 0 Å². The molecule has 0 heterocycles. The molecule has 0 radical (unpaired) electrons. The van der Waals surface area contributed by atoms with E-state index in [4.69, 9.17) is 4.74 Å². The minimum atomic E-state index is -0.180. The van der Waals surface area contributed by atoms with Crippen LogP contribution in [0.4, 0.5) is 10.5 Å². The summed E-state index contributed by atoms with van der Waals surface area (Å²) >= 11 is 3.36. The van der Waals surface area contributed by atoms with E-state index in [0.717, 1.165) is 29.1 Å². The van der Waals surface area contributed by atoms with Crippen LogP contribution in [0.5, 0.6) is 0 Å². The van der Waals surface area contributed by atoms with Gasteiger partial charge in [-0.25, -0.2) is 4.79 Å². The molecule has 1 aromatic carbocycles. The van der Waals surface area contributed by atoms with Crippen molar-refractivity contribution in [1.82, 2.24) is 5.32 Å². The van der Waals surface area contributed by atoms with E-state index in [-0.39, 0.29) is 6.03 Å². The van der Waals surface area contributed by atoms with Gasteiger partial charge in [0.25, 0.3) is 0 Å². The second kappa shape index (κ2) is 7.50. The molecule has 19 heavy (non-hydrogen) atoms. The van der Waals surface area contributed by atoms with Crippen molar-refractivity contribution in [1.29, 1.82) is 0 Å². The highest BCUT2D eigenvalue weighted by atomic mass is 79.9. The van der Waals surface area contributed by atoms with Crippen molar-refractivity contribution in [2.24, 2.45) is 5.92 Å². The fraction of sp³-hybridized carbons (Fsp3) is 0.500. The third kappa shape index (κ3) is 6.07. The Balaban J connectivity index is 1.53. The molecule has 1 aromatic rings. The number of amides is 2. The number of carbonyl (C=O) groups is 1. The van der Waals surface area contributed by atoms with Gasteiger partial charge in [0.15, 0.2) is 0 Å². The highest BCUT2D eigenvalue weighted by Gasteiger charge is 2.20. The average Bonchev–Trinajstić information content (AvgIpc) is 3.17. The quantitative estimate of drug-likeness (QED) is 0.754. The minimum absolute atomic E-state index is 0.180. The lowest BCUT2D eigenvalue weighted by atomic mass is 10.3. The second-order valence-corrected chi connectivity index (χ2v) is 5.68. The molecule has 4 nitrogen and oxygen atoms in total. The molecule has 2 rings (SSSR count). The Labute approximate surface area is 122 Å². The summed E-state index contributed by atoms with van der Waals surface area (Å²) in [7, 11) is 0. The number of urea groups is 1. The molecule has 0 bridgehead atoms. The maximum absolute atomic E-state index is 11.6. The largest absolute Gasteiger partial charge is 0.381 e. The van der Waals surface area contributed by atoms with Crippen molar-refractivity contribution < 1.29 is 9.53 Å². The SMILES string of the molecule is O=C(NCCCOCC1CC1)Nc1cccc(Br)c1. The van der Waals surface area contributed by atoms with E-state index in [1.165, 1.54) is 12.8 Å². The maximum atomic E-state index is 11.6. The number of halogens is 1. The molecule has 1 saturated carbocycles. The molecule has 0 aliphatic heterocycles. The zero-order chi connectivity index (χ0) is 13.5. The summed E-state index contributed by atoms with van der Waals surface area (Å²) in [6.45, 7) is 2.22. The van der Waals surface area contributed by atoms with Crippen molar-refractivity contribution in [3.8, 4) is 0 Å². The highest BCUT2D eigenvalue weighted by Crippen LogP contribution is 2.28. The molecular formula is C14H19BrN2O2. The standard InChI is InChI=1S/C14H19BrN2O2/c15-12-3-1-4-13(9-12)17-14(18)16-7-2-8-19-10-11-5-6-11/h1,3-4,9,11H,2,5-8,10H2,(H2,16,17,18). The zero-order valence-corrected chi connectivity index (χ0v) is 12.4. The zero-order valence-electron chi connectivity index (χ0n) is 10.8. The van der Waals surface area contributed by atoms with Crippen LogP contribution in [0.15, 0.2) is 28.7 Å². The van der Waals surface area contributed by atoms with Crippen molar-refractivity contribution in [3.05, 3.63) is 28.7 Å². The molecule has 0 spiro atoms. The maximum Gasteiger partial charge on any atom is 0.319 e. The van der Waals surface area contributed by atoms with Gasteiger partial charge in [0.05, 0.1) is 0 Å². The Hall–Kier alpha value is -1.07. The van der Waals surface area contributed by atoms with Crippen LogP contribution in [-0.4, -0.2) is 25.8 Å². The molecule has 0 unspecified atom stereocenters. The normalized spacial score (nSPS) is 14.2. The van der Waals surface area contributed by atoms with E-state index in [9.17, 15) is 4.79 Å². The number of carbonyl (C=O) groups excluding carboxylic acids is 1. The molecule has 2 N–H and O–H groups in total. The van der Waals surface area contributed by atoms with Crippen molar-refractivity contribution in [2.75, 3.05) is 25.1 Å². The summed E-state index contributed by atoms with van der Waals surface area (Å²) in [4.78, 5) is 11.6. The van der Waals surface area contributed by atoms with Gasteiger partial charge < -0.3 is 15.4 Å². The fourth-order valence-electron chi connectivity index (χ4n) is 1.65. The predicted molar refractivity (Wildman–Crippen MR) is 79.3 cm³/mol. The molecular weight excluding hydrogens is 308 g/mol. The summed E-state index contributed by atoms with van der Waals surface area (Å²) in [6, 6.07) is 7.33. The van der Waals surface area contributed by atoms with Gasteiger partial charge in [-0.2, -0.15) is 0 Å². The smallest absolute Gasteiger partial charge is 0.319 e. The molecule has 1 aliphatic rings. The van der Waals surface area contributed by atoms with E-state index in [2.05, 4.69) is 26.6 Å². The van der Waals surface area contributed by atoms with Gasteiger partial charge in [0, 0.05) is 29.9 Å². The molecule has 5 heteroatoms. The van der Waals surface area contributed by atoms with Crippen LogP contribution in [0, 0.1) is 5.92 Å². The number of ether oxygens (including phenoxy) is 1. The first-order valence-corrected chi connectivity index (χ1v) is 7.41. The number of nitrogens with one attached hydrogen (secondary N) is 2.